The average molecular weight is 763 g/mol. The van der Waals surface area contributed by atoms with Crippen LogP contribution in [0.4, 0.5) is 17.1 Å². The minimum atomic E-state index is 0.429. The lowest BCUT2D eigenvalue weighted by Crippen LogP contribution is -2.10. The molecule has 0 amide bonds. The summed E-state index contributed by atoms with van der Waals surface area (Å²) in [6.07, 6.45) is 12.8. The van der Waals surface area contributed by atoms with Crippen molar-refractivity contribution < 1.29 is 0 Å². The van der Waals surface area contributed by atoms with Gasteiger partial charge in [0.1, 0.15) is 0 Å². The van der Waals surface area contributed by atoms with Gasteiger partial charge in [-0.25, -0.2) is 0 Å². The van der Waals surface area contributed by atoms with Gasteiger partial charge in [-0.2, -0.15) is 0 Å². The Morgan fingerprint density at radius 3 is 1.59 bits per heavy atom. The Hall–Kier alpha value is -7.16. The maximum absolute atomic E-state index is 4.20. The van der Waals surface area contributed by atoms with Crippen LogP contribution in [0.3, 0.4) is 0 Å². The van der Waals surface area contributed by atoms with Crippen LogP contribution in [0.5, 0.6) is 0 Å². The number of rotatable bonds is 12. The Kier molecular flexibility index (Phi) is 11.5. The summed E-state index contributed by atoms with van der Waals surface area (Å²) in [5.41, 5.74) is 17.4. The number of hydrogen-bond acceptors (Lipinski definition) is 1. The molecule has 0 radical (unpaired) electrons. The number of allylic oxidation sites excluding steroid dienone is 6. The first kappa shape index (κ1) is 38.7. The van der Waals surface area contributed by atoms with Gasteiger partial charge in [-0.3, -0.25) is 0 Å². The number of anilines is 3. The second-order valence-electron chi connectivity index (χ2n) is 15.3. The van der Waals surface area contributed by atoms with Crippen LogP contribution in [0.1, 0.15) is 32.0 Å². The van der Waals surface area contributed by atoms with Gasteiger partial charge in [-0.15, -0.1) is 0 Å². The molecule has 0 fully saturated rings. The lowest BCUT2D eigenvalue weighted by molar-refractivity contribution is 0.835. The molecule has 288 valence electrons. The number of hydrogen-bond donors (Lipinski definition) is 0. The summed E-state index contributed by atoms with van der Waals surface area (Å²) in [5.74, 6) is 0.429. The second kappa shape index (κ2) is 17.5. The van der Waals surface area contributed by atoms with Gasteiger partial charge in [-0.05, 0) is 137 Å². The van der Waals surface area contributed by atoms with Crippen LogP contribution in [-0.4, -0.2) is 4.57 Å². The maximum Gasteiger partial charge on any atom is 0.0537 e. The topological polar surface area (TPSA) is 8.17 Å². The normalized spacial score (nSPS) is 11.9. The van der Waals surface area contributed by atoms with E-state index in [-0.39, 0.29) is 0 Å². The molecule has 2 heteroatoms. The molecule has 1 heterocycles. The van der Waals surface area contributed by atoms with Crippen molar-refractivity contribution in [3.05, 3.63) is 224 Å². The Balaban J connectivity index is 1.29. The molecule has 0 aliphatic carbocycles. The molecule has 0 aliphatic heterocycles. The van der Waals surface area contributed by atoms with Crippen LogP contribution >= 0.6 is 0 Å². The monoisotopic (exact) mass is 762 g/mol. The molecule has 7 aromatic carbocycles. The van der Waals surface area contributed by atoms with Crippen molar-refractivity contribution in [2.45, 2.75) is 27.7 Å². The van der Waals surface area contributed by atoms with Crippen molar-refractivity contribution in [3.8, 4) is 44.5 Å². The smallest absolute Gasteiger partial charge is 0.0537 e. The first-order valence-electron chi connectivity index (χ1n) is 20.5. The van der Waals surface area contributed by atoms with Crippen LogP contribution < -0.4 is 4.90 Å². The minimum Gasteiger partial charge on any atom is -0.310 e. The molecule has 8 aromatic rings. The molecule has 0 unspecified atom stereocenters. The van der Waals surface area contributed by atoms with E-state index in [4.69, 9.17) is 0 Å². The van der Waals surface area contributed by atoms with Crippen molar-refractivity contribution in [2.24, 2.45) is 5.92 Å². The van der Waals surface area contributed by atoms with E-state index in [1.54, 1.807) is 0 Å². The summed E-state index contributed by atoms with van der Waals surface area (Å²) in [6.45, 7) is 12.9. The lowest BCUT2D eigenvalue weighted by Gasteiger charge is -2.27. The highest BCUT2D eigenvalue weighted by atomic mass is 15.1. The summed E-state index contributed by atoms with van der Waals surface area (Å²) in [4.78, 5) is 2.37. The predicted octanol–water partition coefficient (Wildman–Crippen LogP) is 16.4. The highest BCUT2D eigenvalue weighted by Gasteiger charge is 2.19. The molecule has 8 rings (SSSR count). The van der Waals surface area contributed by atoms with E-state index in [9.17, 15) is 0 Å². The van der Waals surface area contributed by atoms with Crippen LogP contribution in [0.15, 0.2) is 213 Å². The first-order valence-corrected chi connectivity index (χ1v) is 20.5. The number of aryl methyl sites for hydroxylation is 1. The van der Waals surface area contributed by atoms with E-state index in [0.717, 1.165) is 28.3 Å². The quantitative estimate of drug-likeness (QED) is 0.113. The fraction of sp³-hybridized carbons (Fsp3) is 0.0877. The molecular formula is C57H50N2. The summed E-state index contributed by atoms with van der Waals surface area (Å²) in [6, 6.07) is 63.6. The summed E-state index contributed by atoms with van der Waals surface area (Å²) in [7, 11) is 0. The van der Waals surface area contributed by atoms with Crippen LogP contribution in [0.2, 0.25) is 0 Å². The second-order valence-corrected chi connectivity index (χ2v) is 15.3. The molecule has 0 spiro atoms. The molecular weight excluding hydrogens is 713 g/mol. The molecule has 0 saturated heterocycles. The molecule has 0 aliphatic rings. The maximum atomic E-state index is 4.20. The largest absolute Gasteiger partial charge is 0.310 e. The third-order valence-electron chi connectivity index (χ3n) is 11.0. The number of aromatic nitrogens is 1. The van der Waals surface area contributed by atoms with E-state index >= 15 is 0 Å². The van der Waals surface area contributed by atoms with Crippen LogP contribution in [0.25, 0.3) is 67.2 Å². The third kappa shape index (κ3) is 8.17. The Labute approximate surface area is 350 Å². The summed E-state index contributed by atoms with van der Waals surface area (Å²) < 4.78 is 2.34. The van der Waals surface area contributed by atoms with Crippen molar-refractivity contribution in [1.82, 2.24) is 4.57 Å². The predicted molar refractivity (Wildman–Crippen MR) is 256 cm³/mol. The molecule has 0 atom stereocenters. The standard InChI is InChI=1S/C57H50N2/c1-6-8-24-49(7-2)59-56(37-25-41(3)4)42(5)54-39-48(30-38-57(54)59)53-36-35-52(40-55(53)47-22-16-11-17-23-47)58(50-31-26-45(27-32-50)43-18-12-9-13-19-43)51-33-28-46(29-34-51)44-20-14-10-15-21-44/h6-41H,2H2,1,3-5H3/b8-6-,37-25-,49-24+. The SMILES string of the molecule is C=C/C(=C\C=C/C)n1c(/C=C\C(C)C)c(C)c2cc(-c3ccc(N(c4ccc(-c5ccccc5)cc4)c4ccc(-c5ccccc5)cc4)cc3-c3ccccc3)ccc21. The summed E-state index contributed by atoms with van der Waals surface area (Å²) >= 11 is 0. The van der Waals surface area contributed by atoms with Gasteiger partial charge < -0.3 is 9.47 Å². The minimum absolute atomic E-state index is 0.429. The third-order valence-corrected chi connectivity index (χ3v) is 11.0. The van der Waals surface area contributed by atoms with Gasteiger partial charge in [-0.1, -0.05) is 166 Å². The zero-order valence-electron chi connectivity index (χ0n) is 34.4. The van der Waals surface area contributed by atoms with E-state index in [0.29, 0.717) is 5.92 Å². The zero-order valence-corrected chi connectivity index (χ0v) is 34.4. The first-order chi connectivity index (χ1) is 28.9. The molecule has 59 heavy (non-hydrogen) atoms. The number of nitrogens with zero attached hydrogens (tertiary/aromatic N) is 2. The molecule has 0 N–H and O–H groups in total. The van der Waals surface area contributed by atoms with Gasteiger partial charge in [0.15, 0.2) is 0 Å². The average Bonchev–Trinajstić information content (AvgIpc) is 3.57. The van der Waals surface area contributed by atoms with Crippen LogP contribution in [0, 0.1) is 12.8 Å². The van der Waals surface area contributed by atoms with Gasteiger partial charge in [0.2, 0.25) is 0 Å². The van der Waals surface area contributed by atoms with Gasteiger partial charge in [0.05, 0.1) is 5.52 Å². The number of benzene rings is 7. The molecule has 2 nitrogen and oxygen atoms in total. The van der Waals surface area contributed by atoms with Crippen LogP contribution in [-0.2, 0) is 0 Å². The Morgan fingerprint density at radius 1 is 0.559 bits per heavy atom. The molecule has 0 bridgehead atoms. The van der Waals surface area contributed by atoms with Gasteiger partial charge >= 0.3 is 0 Å². The zero-order chi connectivity index (χ0) is 40.7. The van der Waals surface area contributed by atoms with Gasteiger partial charge in [0, 0.05) is 33.8 Å². The molecule has 0 saturated carbocycles. The fourth-order valence-electron chi connectivity index (χ4n) is 7.92. The summed E-state index contributed by atoms with van der Waals surface area (Å²) in [5, 5.41) is 1.22. The van der Waals surface area contributed by atoms with E-state index < -0.39 is 0 Å². The van der Waals surface area contributed by atoms with Crippen molar-refractivity contribution in [3.63, 3.8) is 0 Å². The fourth-order valence-corrected chi connectivity index (χ4v) is 7.92. The van der Waals surface area contributed by atoms with Crippen molar-refractivity contribution >= 4 is 39.7 Å². The van der Waals surface area contributed by atoms with Gasteiger partial charge in [0.25, 0.3) is 0 Å². The lowest BCUT2D eigenvalue weighted by atomic mass is 9.92. The van der Waals surface area contributed by atoms with E-state index in [2.05, 4.69) is 243 Å². The van der Waals surface area contributed by atoms with Crippen molar-refractivity contribution in [1.29, 1.82) is 0 Å². The van der Waals surface area contributed by atoms with E-state index in [1.807, 2.05) is 13.0 Å². The van der Waals surface area contributed by atoms with E-state index in [1.165, 1.54) is 61.2 Å². The number of fused-ring (bicyclic) bond motifs is 1. The highest BCUT2D eigenvalue weighted by molar-refractivity contribution is 5.97. The Morgan fingerprint density at radius 2 is 1.07 bits per heavy atom. The van der Waals surface area contributed by atoms with Crippen molar-refractivity contribution in [2.75, 3.05) is 4.90 Å². The highest BCUT2D eigenvalue weighted by Crippen LogP contribution is 2.43. The Bertz CT molecular complexity index is 2700. The molecule has 1 aromatic heterocycles.